The number of piperazine rings is 1. The normalized spacial score (nSPS) is 20.9. The molecule has 1 fully saturated rings. The first-order chi connectivity index (χ1) is 11.8. The van der Waals surface area contributed by atoms with Crippen LogP contribution < -0.4 is 14.4 Å². The number of halogens is 1. The quantitative estimate of drug-likeness (QED) is 0.848. The number of ether oxygens (including phenoxy) is 2. The van der Waals surface area contributed by atoms with Crippen molar-refractivity contribution in [3.8, 4) is 11.5 Å². The number of fused-ring (bicyclic) bond motifs is 1. The van der Waals surface area contributed by atoms with Gasteiger partial charge in [-0.2, -0.15) is 0 Å². The lowest BCUT2D eigenvalue weighted by atomic mass is 10.2. The molecule has 0 saturated carbocycles. The summed E-state index contributed by atoms with van der Waals surface area (Å²) in [5.41, 5.74) is 0. The van der Waals surface area contributed by atoms with E-state index < -0.39 is 0 Å². The number of para-hydroxylation sites is 2. The number of nitrogens with zero attached hydrogens (tertiary/aromatic N) is 4. The van der Waals surface area contributed by atoms with Crippen LogP contribution in [0.1, 0.15) is 0 Å². The van der Waals surface area contributed by atoms with Crippen molar-refractivity contribution in [3.05, 3.63) is 41.8 Å². The second-order valence-electron chi connectivity index (χ2n) is 5.99. The van der Waals surface area contributed by atoms with Crippen LogP contribution in [0.2, 0.25) is 5.15 Å². The molecule has 4 rings (SSSR count). The highest BCUT2D eigenvalue weighted by atomic mass is 35.5. The van der Waals surface area contributed by atoms with Crippen LogP contribution in [-0.4, -0.2) is 60.3 Å². The lowest BCUT2D eigenvalue weighted by Crippen LogP contribution is -2.51. The Balaban J connectivity index is 1.31. The van der Waals surface area contributed by atoms with Gasteiger partial charge in [-0.25, -0.2) is 4.98 Å². The summed E-state index contributed by atoms with van der Waals surface area (Å²) in [6.45, 7) is 5.17. The van der Waals surface area contributed by atoms with E-state index in [-0.39, 0.29) is 6.10 Å². The molecule has 126 valence electrons. The molecule has 1 atom stereocenters. The third-order valence-corrected chi connectivity index (χ3v) is 4.50. The largest absolute Gasteiger partial charge is 0.486 e. The number of benzene rings is 1. The van der Waals surface area contributed by atoms with Crippen molar-refractivity contribution in [1.29, 1.82) is 0 Å². The van der Waals surface area contributed by atoms with Crippen LogP contribution in [0.3, 0.4) is 0 Å². The fraction of sp³-hybridized carbons (Fsp3) is 0.412. The highest BCUT2D eigenvalue weighted by Gasteiger charge is 2.25. The average Bonchev–Trinajstić information content (AvgIpc) is 2.62. The van der Waals surface area contributed by atoms with Crippen LogP contribution in [0.15, 0.2) is 36.7 Å². The van der Waals surface area contributed by atoms with Gasteiger partial charge >= 0.3 is 0 Å². The van der Waals surface area contributed by atoms with Gasteiger partial charge in [-0.05, 0) is 12.1 Å². The van der Waals surface area contributed by atoms with E-state index in [0.29, 0.717) is 11.8 Å². The Labute approximate surface area is 146 Å². The average molecular weight is 347 g/mol. The summed E-state index contributed by atoms with van der Waals surface area (Å²) in [5, 5.41) is 0.432. The Bertz CT molecular complexity index is 706. The molecular weight excluding hydrogens is 328 g/mol. The Morgan fingerprint density at radius 1 is 1.08 bits per heavy atom. The fourth-order valence-electron chi connectivity index (χ4n) is 3.09. The molecule has 0 radical (unpaired) electrons. The predicted molar refractivity (Wildman–Crippen MR) is 92.0 cm³/mol. The molecule has 2 aliphatic rings. The predicted octanol–water partition coefficient (Wildman–Crippen LogP) is 2.09. The molecule has 7 heteroatoms. The van der Waals surface area contributed by atoms with Crippen LogP contribution in [0, 0.1) is 0 Å². The fourth-order valence-corrected chi connectivity index (χ4v) is 3.23. The number of hydrogen-bond donors (Lipinski definition) is 0. The Hall–Kier alpha value is -2.05. The smallest absolute Gasteiger partial charge is 0.161 e. The Morgan fingerprint density at radius 3 is 2.67 bits per heavy atom. The molecule has 24 heavy (non-hydrogen) atoms. The van der Waals surface area contributed by atoms with Gasteiger partial charge in [0.25, 0.3) is 0 Å². The van der Waals surface area contributed by atoms with E-state index >= 15 is 0 Å². The van der Waals surface area contributed by atoms with Gasteiger partial charge < -0.3 is 14.4 Å². The number of anilines is 1. The molecule has 0 bridgehead atoms. The van der Waals surface area contributed by atoms with Gasteiger partial charge in [0.1, 0.15) is 23.7 Å². The van der Waals surface area contributed by atoms with Crippen LogP contribution in [-0.2, 0) is 0 Å². The van der Waals surface area contributed by atoms with Crippen molar-refractivity contribution < 1.29 is 9.47 Å². The zero-order chi connectivity index (χ0) is 16.4. The lowest BCUT2D eigenvalue weighted by molar-refractivity contribution is 0.0571. The third-order valence-electron chi connectivity index (χ3n) is 4.32. The molecule has 0 aliphatic carbocycles. The SMILES string of the molecule is Clc1cncc(N2CCN(CC3COc4ccccc4O3)CC2)n1. The van der Waals surface area contributed by atoms with Gasteiger partial charge in [0.15, 0.2) is 11.5 Å². The van der Waals surface area contributed by atoms with Crippen molar-refractivity contribution in [1.82, 2.24) is 14.9 Å². The molecule has 2 aliphatic heterocycles. The summed E-state index contributed by atoms with van der Waals surface area (Å²) in [7, 11) is 0. The molecule has 1 saturated heterocycles. The van der Waals surface area contributed by atoms with Crippen LogP contribution in [0.5, 0.6) is 11.5 Å². The van der Waals surface area contributed by atoms with Crippen LogP contribution >= 0.6 is 11.6 Å². The third kappa shape index (κ3) is 3.39. The van der Waals surface area contributed by atoms with Gasteiger partial charge in [0.2, 0.25) is 0 Å². The zero-order valence-corrected chi connectivity index (χ0v) is 14.0. The van der Waals surface area contributed by atoms with E-state index in [1.807, 2.05) is 24.3 Å². The van der Waals surface area contributed by atoms with E-state index in [0.717, 1.165) is 50.0 Å². The van der Waals surface area contributed by atoms with E-state index in [2.05, 4.69) is 19.8 Å². The number of aromatic nitrogens is 2. The zero-order valence-electron chi connectivity index (χ0n) is 13.3. The molecule has 1 aromatic carbocycles. The summed E-state index contributed by atoms with van der Waals surface area (Å²) in [4.78, 5) is 13.0. The van der Waals surface area contributed by atoms with Crippen molar-refractivity contribution in [2.75, 3.05) is 44.2 Å². The second kappa shape index (κ2) is 6.83. The summed E-state index contributed by atoms with van der Waals surface area (Å²) in [5.74, 6) is 2.51. The van der Waals surface area contributed by atoms with E-state index in [1.54, 1.807) is 12.4 Å². The minimum atomic E-state index is 0.0670. The van der Waals surface area contributed by atoms with E-state index in [1.165, 1.54) is 0 Å². The Kier molecular flexibility index (Phi) is 4.40. The number of rotatable bonds is 3. The highest BCUT2D eigenvalue weighted by Crippen LogP contribution is 2.31. The van der Waals surface area contributed by atoms with Crippen LogP contribution in [0.25, 0.3) is 0 Å². The van der Waals surface area contributed by atoms with E-state index in [4.69, 9.17) is 21.1 Å². The van der Waals surface area contributed by atoms with E-state index in [9.17, 15) is 0 Å². The van der Waals surface area contributed by atoms with Gasteiger partial charge in [-0.15, -0.1) is 0 Å². The first-order valence-corrected chi connectivity index (χ1v) is 8.49. The van der Waals surface area contributed by atoms with Crippen molar-refractivity contribution >= 4 is 17.4 Å². The lowest BCUT2D eigenvalue weighted by Gasteiger charge is -2.37. The Morgan fingerprint density at radius 2 is 1.88 bits per heavy atom. The van der Waals surface area contributed by atoms with Gasteiger partial charge in [-0.3, -0.25) is 9.88 Å². The summed E-state index contributed by atoms with van der Waals surface area (Å²) in [6, 6.07) is 7.82. The maximum atomic E-state index is 6.04. The van der Waals surface area contributed by atoms with Crippen molar-refractivity contribution in [2.24, 2.45) is 0 Å². The molecule has 1 unspecified atom stereocenters. The summed E-state index contributed by atoms with van der Waals surface area (Å²) < 4.78 is 11.8. The van der Waals surface area contributed by atoms with Crippen molar-refractivity contribution in [3.63, 3.8) is 0 Å². The van der Waals surface area contributed by atoms with Gasteiger partial charge in [0.05, 0.1) is 12.4 Å². The number of hydrogen-bond acceptors (Lipinski definition) is 6. The van der Waals surface area contributed by atoms with Gasteiger partial charge in [-0.1, -0.05) is 23.7 Å². The first-order valence-electron chi connectivity index (χ1n) is 8.11. The topological polar surface area (TPSA) is 50.7 Å². The maximum Gasteiger partial charge on any atom is 0.161 e. The molecular formula is C17H19ClN4O2. The molecule has 2 aromatic rings. The standard InChI is InChI=1S/C17H19ClN4O2/c18-16-9-19-10-17(20-16)22-7-5-21(6-8-22)11-13-12-23-14-3-1-2-4-15(14)24-13/h1-4,9-10,13H,5-8,11-12H2. The summed E-state index contributed by atoms with van der Waals surface area (Å²) >= 11 is 5.92. The van der Waals surface area contributed by atoms with Gasteiger partial charge in [0, 0.05) is 32.7 Å². The second-order valence-corrected chi connectivity index (χ2v) is 6.37. The minimum absolute atomic E-state index is 0.0670. The minimum Gasteiger partial charge on any atom is -0.486 e. The highest BCUT2D eigenvalue weighted by molar-refractivity contribution is 6.29. The molecule has 6 nitrogen and oxygen atoms in total. The van der Waals surface area contributed by atoms with Crippen LogP contribution in [0.4, 0.5) is 5.82 Å². The molecule has 0 spiro atoms. The monoisotopic (exact) mass is 346 g/mol. The first kappa shape index (κ1) is 15.5. The van der Waals surface area contributed by atoms with Crippen molar-refractivity contribution in [2.45, 2.75) is 6.10 Å². The molecule has 1 aromatic heterocycles. The molecule has 0 amide bonds. The molecule has 3 heterocycles. The summed E-state index contributed by atoms with van der Waals surface area (Å²) in [6.07, 6.45) is 3.38. The molecule has 0 N–H and O–H groups in total. The maximum absolute atomic E-state index is 6.04.